The average molecular weight is 388 g/mol. The van der Waals surface area contributed by atoms with Crippen molar-refractivity contribution in [2.45, 2.75) is 32.1 Å². The van der Waals surface area contributed by atoms with E-state index in [4.69, 9.17) is 4.74 Å². The van der Waals surface area contributed by atoms with Crippen molar-refractivity contribution in [3.8, 4) is 0 Å². The number of piperidine rings is 1. The minimum atomic E-state index is -0.567. The zero-order valence-corrected chi connectivity index (χ0v) is 16.3. The van der Waals surface area contributed by atoms with Crippen molar-refractivity contribution in [3.63, 3.8) is 0 Å². The standard InChI is InChI=1S/C20H28N4O4/c1-15(25)22-18-5-2-4-17(14-18)16-6-10-23(11-7-16)9-3-8-21-19(26)24-12-13-28-20(24)27/h2,4-5,14,16H,3,6-13H2,1H3,(H,21,26)(H,22,25). The van der Waals surface area contributed by atoms with Crippen molar-refractivity contribution in [1.82, 2.24) is 15.1 Å². The van der Waals surface area contributed by atoms with E-state index in [-0.39, 0.29) is 18.5 Å². The van der Waals surface area contributed by atoms with Gasteiger partial charge in [0.2, 0.25) is 5.91 Å². The first-order valence-electron chi connectivity index (χ1n) is 9.85. The number of benzene rings is 1. The molecule has 2 saturated heterocycles. The second kappa shape index (κ2) is 9.54. The van der Waals surface area contributed by atoms with Gasteiger partial charge in [0.25, 0.3) is 0 Å². The third-order valence-corrected chi connectivity index (χ3v) is 5.20. The first kappa shape index (κ1) is 20.1. The summed E-state index contributed by atoms with van der Waals surface area (Å²) in [5.41, 5.74) is 2.13. The highest BCUT2D eigenvalue weighted by atomic mass is 16.6. The van der Waals surface area contributed by atoms with Crippen molar-refractivity contribution in [1.29, 1.82) is 0 Å². The normalized spacial score (nSPS) is 18.0. The van der Waals surface area contributed by atoms with E-state index in [9.17, 15) is 14.4 Å². The van der Waals surface area contributed by atoms with Crippen molar-refractivity contribution in [2.24, 2.45) is 0 Å². The zero-order valence-electron chi connectivity index (χ0n) is 16.3. The van der Waals surface area contributed by atoms with Crippen LogP contribution in [0.25, 0.3) is 0 Å². The Labute approximate surface area is 165 Å². The molecule has 28 heavy (non-hydrogen) atoms. The van der Waals surface area contributed by atoms with Crippen LogP contribution >= 0.6 is 0 Å². The number of imide groups is 1. The largest absolute Gasteiger partial charge is 0.447 e. The molecule has 2 fully saturated rings. The molecule has 0 radical (unpaired) electrons. The second-order valence-electron chi connectivity index (χ2n) is 7.27. The van der Waals surface area contributed by atoms with E-state index in [1.54, 1.807) is 0 Å². The number of cyclic esters (lactones) is 1. The fourth-order valence-electron chi connectivity index (χ4n) is 3.73. The maximum Gasteiger partial charge on any atom is 0.418 e. The molecule has 0 unspecified atom stereocenters. The SMILES string of the molecule is CC(=O)Nc1cccc(C2CCN(CCCNC(=O)N3CCOC3=O)CC2)c1. The Bertz CT molecular complexity index is 716. The van der Waals surface area contributed by atoms with Crippen molar-refractivity contribution < 1.29 is 19.1 Å². The average Bonchev–Trinajstić information content (AvgIpc) is 3.11. The lowest BCUT2D eigenvalue weighted by Crippen LogP contribution is -2.41. The minimum absolute atomic E-state index is 0.0549. The Morgan fingerprint density at radius 2 is 2.00 bits per heavy atom. The Morgan fingerprint density at radius 1 is 1.21 bits per heavy atom. The first-order chi connectivity index (χ1) is 13.5. The summed E-state index contributed by atoms with van der Waals surface area (Å²) in [4.78, 5) is 37.9. The number of hydrogen-bond acceptors (Lipinski definition) is 5. The monoisotopic (exact) mass is 388 g/mol. The van der Waals surface area contributed by atoms with Gasteiger partial charge in [0.05, 0.1) is 6.54 Å². The predicted molar refractivity (Wildman–Crippen MR) is 105 cm³/mol. The molecule has 0 saturated carbocycles. The summed E-state index contributed by atoms with van der Waals surface area (Å²) in [6.07, 6.45) is 2.43. The summed E-state index contributed by atoms with van der Waals surface area (Å²) in [6, 6.07) is 7.73. The molecule has 0 bridgehead atoms. The minimum Gasteiger partial charge on any atom is -0.447 e. The van der Waals surface area contributed by atoms with Crippen LogP contribution in [0, 0.1) is 0 Å². The maximum atomic E-state index is 11.9. The van der Waals surface area contributed by atoms with Crippen molar-refractivity contribution in [2.75, 3.05) is 44.6 Å². The van der Waals surface area contributed by atoms with Gasteiger partial charge in [-0.25, -0.2) is 14.5 Å². The highest BCUT2D eigenvalue weighted by molar-refractivity contribution is 5.91. The van der Waals surface area contributed by atoms with Crippen LogP contribution in [0.15, 0.2) is 24.3 Å². The Kier molecular flexibility index (Phi) is 6.86. The number of anilines is 1. The molecule has 2 N–H and O–H groups in total. The van der Waals surface area contributed by atoms with Crippen LogP contribution in [-0.2, 0) is 9.53 Å². The topological polar surface area (TPSA) is 91.0 Å². The molecule has 4 amide bonds. The lowest BCUT2D eigenvalue weighted by atomic mass is 9.89. The number of carbonyl (C=O) groups is 3. The van der Waals surface area contributed by atoms with Gasteiger partial charge in [0, 0.05) is 19.2 Å². The number of likely N-dealkylation sites (tertiary alicyclic amines) is 1. The van der Waals surface area contributed by atoms with Gasteiger partial charge in [-0.1, -0.05) is 12.1 Å². The van der Waals surface area contributed by atoms with Gasteiger partial charge in [0.1, 0.15) is 6.61 Å². The molecule has 0 atom stereocenters. The van der Waals surface area contributed by atoms with Gasteiger partial charge in [-0.3, -0.25) is 4.79 Å². The van der Waals surface area contributed by atoms with Crippen LogP contribution in [0.4, 0.5) is 15.3 Å². The Hall–Kier alpha value is -2.61. The summed E-state index contributed by atoms with van der Waals surface area (Å²) in [7, 11) is 0. The molecule has 0 aliphatic carbocycles. The summed E-state index contributed by atoms with van der Waals surface area (Å²) < 4.78 is 4.76. The highest BCUT2D eigenvalue weighted by Crippen LogP contribution is 2.29. The number of amides is 4. The highest BCUT2D eigenvalue weighted by Gasteiger charge is 2.28. The van der Waals surface area contributed by atoms with Crippen LogP contribution in [-0.4, -0.2) is 67.2 Å². The lowest BCUT2D eigenvalue weighted by molar-refractivity contribution is -0.114. The molecule has 152 valence electrons. The molecule has 2 aliphatic rings. The Balaban J connectivity index is 1.36. The molecule has 1 aromatic rings. The lowest BCUT2D eigenvalue weighted by Gasteiger charge is -2.32. The molecule has 2 heterocycles. The predicted octanol–water partition coefficient (Wildman–Crippen LogP) is 2.38. The van der Waals surface area contributed by atoms with Gasteiger partial charge in [0.15, 0.2) is 0 Å². The number of nitrogens with one attached hydrogen (secondary N) is 2. The summed E-state index contributed by atoms with van der Waals surface area (Å²) in [6.45, 7) is 5.61. The van der Waals surface area contributed by atoms with Crippen molar-refractivity contribution >= 4 is 23.7 Å². The van der Waals surface area contributed by atoms with E-state index >= 15 is 0 Å². The number of rotatable bonds is 6. The van der Waals surface area contributed by atoms with Gasteiger partial charge < -0.3 is 20.3 Å². The maximum absolute atomic E-state index is 11.9. The number of hydrogen-bond donors (Lipinski definition) is 2. The molecule has 2 aliphatic heterocycles. The van der Waals surface area contributed by atoms with Crippen LogP contribution in [0.2, 0.25) is 0 Å². The van der Waals surface area contributed by atoms with Crippen LogP contribution in [0.5, 0.6) is 0 Å². The first-order valence-corrected chi connectivity index (χ1v) is 9.85. The number of carbonyl (C=O) groups excluding carboxylic acids is 3. The zero-order chi connectivity index (χ0) is 19.9. The fourth-order valence-corrected chi connectivity index (χ4v) is 3.73. The van der Waals surface area contributed by atoms with E-state index in [0.717, 1.165) is 49.5 Å². The number of urea groups is 1. The third kappa shape index (κ3) is 5.45. The van der Waals surface area contributed by atoms with Gasteiger partial charge in [-0.15, -0.1) is 0 Å². The van der Waals surface area contributed by atoms with Gasteiger partial charge in [-0.2, -0.15) is 0 Å². The number of ether oxygens (including phenoxy) is 1. The third-order valence-electron chi connectivity index (χ3n) is 5.20. The van der Waals surface area contributed by atoms with E-state index in [2.05, 4.69) is 27.7 Å². The molecular formula is C20H28N4O4. The van der Waals surface area contributed by atoms with Crippen LogP contribution in [0.1, 0.15) is 37.7 Å². The smallest absolute Gasteiger partial charge is 0.418 e. The van der Waals surface area contributed by atoms with Gasteiger partial charge in [-0.05, 0) is 62.5 Å². The molecule has 0 aromatic heterocycles. The van der Waals surface area contributed by atoms with E-state index in [1.165, 1.54) is 12.5 Å². The number of nitrogens with zero attached hydrogens (tertiary/aromatic N) is 2. The molecular weight excluding hydrogens is 360 g/mol. The molecule has 0 spiro atoms. The fraction of sp³-hybridized carbons (Fsp3) is 0.550. The molecule has 8 nitrogen and oxygen atoms in total. The van der Waals surface area contributed by atoms with E-state index in [1.807, 2.05) is 12.1 Å². The van der Waals surface area contributed by atoms with Crippen LogP contribution < -0.4 is 10.6 Å². The summed E-state index contributed by atoms with van der Waals surface area (Å²) in [5.74, 6) is 0.450. The van der Waals surface area contributed by atoms with Gasteiger partial charge >= 0.3 is 12.1 Å². The van der Waals surface area contributed by atoms with E-state index in [0.29, 0.717) is 19.0 Å². The second-order valence-corrected chi connectivity index (χ2v) is 7.27. The summed E-state index contributed by atoms with van der Waals surface area (Å²) >= 11 is 0. The molecule has 8 heteroatoms. The van der Waals surface area contributed by atoms with Crippen LogP contribution in [0.3, 0.4) is 0 Å². The van der Waals surface area contributed by atoms with Crippen molar-refractivity contribution in [3.05, 3.63) is 29.8 Å². The Morgan fingerprint density at radius 3 is 2.68 bits per heavy atom. The van der Waals surface area contributed by atoms with E-state index < -0.39 is 6.09 Å². The quantitative estimate of drug-likeness (QED) is 0.730. The molecule has 1 aromatic carbocycles. The summed E-state index contributed by atoms with van der Waals surface area (Å²) in [5, 5.41) is 5.62. The molecule has 3 rings (SSSR count).